The molecule has 26 heavy (non-hydrogen) atoms. The smallest absolute Gasteiger partial charge is 0.246 e. The van der Waals surface area contributed by atoms with Crippen LogP contribution in [-0.4, -0.2) is 23.2 Å². The molecule has 3 aromatic rings. The highest BCUT2D eigenvalue weighted by atomic mass is 16.5. The Bertz CT molecular complexity index is 890. The van der Waals surface area contributed by atoms with E-state index in [0.29, 0.717) is 17.6 Å². The molecule has 2 aromatic carbocycles. The van der Waals surface area contributed by atoms with Crippen molar-refractivity contribution >= 4 is 5.91 Å². The van der Waals surface area contributed by atoms with E-state index >= 15 is 0 Å². The second kappa shape index (κ2) is 7.00. The molecule has 1 aromatic heterocycles. The van der Waals surface area contributed by atoms with Crippen LogP contribution in [0.15, 0.2) is 59.1 Å². The van der Waals surface area contributed by atoms with Crippen LogP contribution in [0.4, 0.5) is 0 Å². The Morgan fingerprint density at radius 1 is 1.19 bits per heavy atom. The number of benzene rings is 2. The third-order valence-electron chi connectivity index (χ3n) is 4.59. The molecule has 1 N–H and O–H groups in total. The first-order valence-corrected chi connectivity index (χ1v) is 8.54. The molecule has 4 rings (SSSR count). The molecule has 2 atom stereocenters. The molecule has 0 saturated heterocycles. The molecule has 0 spiro atoms. The second-order valence-corrected chi connectivity index (χ2v) is 6.32. The summed E-state index contributed by atoms with van der Waals surface area (Å²) >= 11 is 0. The number of hydrogen-bond acceptors (Lipinski definition) is 5. The summed E-state index contributed by atoms with van der Waals surface area (Å²) in [6.45, 7) is 0.236. The molecule has 2 unspecified atom stereocenters. The zero-order valence-corrected chi connectivity index (χ0v) is 14.4. The monoisotopic (exact) mass is 349 g/mol. The lowest BCUT2D eigenvalue weighted by molar-refractivity contribution is -0.122. The van der Waals surface area contributed by atoms with Crippen LogP contribution in [0.1, 0.15) is 23.8 Å². The van der Waals surface area contributed by atoms with Gasteiger partial charge in [0.25, 0.3) is 0 Å². The van der Waals surface area contributed by atoms with Gasteiger partial charge in [-0.1, -0.05) is 35.5 Å². The quantitative estimate of drug-likeness (QED) is 0.740. The first-order valence-electron chi connectivity index (χ1n) is 8.54. The molecule has 6 heteroatoms. The van der Waals surface area contributed by atoms with Gasteiger partial charge in [0.2, 0.25) is 17.6 Å². The first-order chi connectivity index (χ1) is 12.7. The number of carbonyl (C=O) groups is 1. The van der Waals surface area contributed by atoms with Crippen molar-refractivity contribution in [3.05, 3.63) is 66.1 Å². The molecule has 6 nitrogen and oxygen atoms in total. The van der Waals surface area contributed by atoms with E-state index in [-0.39, 0.29) is 18.4 Å². The van der Waals surface area contributed by atoms with Crippen molar-refractivity contribution in [2.75, 3.05) is 7.11 Å². The van der Waals surface area contributed by atoms with Crippen LogP contribution in [0, 0.1) is 5.92 Å². The van der Waals surface area contributed by atoms with Gasteiger partial charge in [0, 0.05) is 11.5 Å². The number of carbonyl (C=O) groups excluding carboxylic acids is 1. The minimum atomic E-state index is 0.0291. The predicted octanol–water partition coefficient (Wildman–Crippen LogP) is 3.17. The van der Waals surface area contributed by atoms with Gasteiger partial charge in [0.05, 0.1) is 13.7 Å². The molecule has 1 aliphatic carbocycles. The number of amides is 1. The van der Waals surface area contributed by atoms with E-state index in [4.69, 9.17) is 9.26 Å². The highest BCUT2D eigenvalue weighted by Gasteiger charge is 2.43. The van der Waals surface area contributed by atoms with E-state index in [1.165, 1.54) is 5.56 Å². The summed E-state index contributed by atoms with van der Waals surface area (Å²) in [7, 11) is 1.62. The number of methoxy groups -OCH3 is 1. The van der Waals surface area contributed by atoms with Gasteiger partial charge in [0.1, 0.15) is 5.75 Å². The third kappa shape index (κ3) is 3.44. The molecule has 0 aliphatic heterocycles. The lowest BCUT2D eigenvalue weighted by Crippen LogP contribution is -2.25. The predicted molar refractivity (Wildman–Crippen MR) is 95.4 cm³/mol. The number of hydrogen-bond donors (Lipinski definition) is 1. The van der Waals surface area contributed by atoms with Crippen molar-refractivity contribution in [2.24, 2.45) is 5.92 Å². The van der Waals surface area contributed by atoms with Crippen LogP contribution in [0.3, 0.4) is 0 Å². The van der Waals surface area contributed by atoms with Gasteiger partial charge in [-0.2, -0.15) is 4.98 Å². The molecule has 1 saturated carbocycles. The van der Waals surface area contributed by atoms with Crippen LogP contribution in [0.5, 0.6) is 5.75 Å². The Balaban J connectivity index is 1.33. The van der Waals surface area contributed by atoms with Crippen molar-refractivity contribution in [2.45, 2.75) is 18.9 Å². The summed E-state index contributed by atoms with van der Waals surface area (Å²) in [4.78, 5) is 16.6. The Hall–Kier alpha value is -3.15. The first kappa shape index (κ1) is 16.3. The van der Waals surface area contributed by atoms with E-state index in [0.717, 1.165) is 17.7 Å². The third-order valence-corrected chi connectivity index (χ3v) is 4.59. The number of nitrogens with one attached hydrogen (secondary N) is 1. The lowest BCUT2D eigenvalue weighted by Gasteiger charge is -2.02. The SMILES string of the molecule is COc1ccc(-c2noc(CNC(=O)C3CC3c3ccccc3)n2)cc1. The Kier molecular flexibility index (Phi) is 4.39. The van der Waals surface area contributed by atoms with E-state index in [2.05, 4.69) is 27.6 Å². The van der Waals surface area contributed by atoms with E-state index in [9.17, 15) is 4.79 Å². The summed E-state index contributed by atoms with van der Waals surface area (Å²) in [5.41, 5.74) is 2.05. The molecule has 0 radical (unpaired) electrons. The van der Waals surface area contributed by atoms with E-state index in [1.54, 1.807) is 7.11 Å². The van der Waals surface area contributed by atoms with Crippen molar-refractivity contribution in [3.63, 3.8) is 0 Å². The zero-order valence-electron chi connectivity index (χ0n) is 14.4. The van der Waals surface area contributed by atoms with Crippen molar-refractivity contribution in [1.82, 2.24) is 15.5 Å². The van der Waals surface area contributed by atoms with Gasteiger partial charge in [0.15, 0.2) is 0 Å². The second-order valence-electron chi connectivity index (χ2n) is 6.32. The van der Waals surface area contributed by atoms with Crippen molar-refractivity contribution < 1.29 is 14.1 Å². The molecular weight excluding hydrogens is 330 g/mol. The number of aromatic nitrogens is 2. The fourth-order valence-electron chi connectivity index (χ4n) is 3.03. The van der Waals surface area contributed by atoms with Crippen molar-refractivity contribution in [3.8, 4) is 17.1 Å². The minimum absolute atomic E-state index is 0.0291. The van der Waals surface area contributed by atoms with Gasteiger partial charge in [-0.25, -0.2) is 0 Å². The standard InChI is InChI=1S/C20H19N3O3/c1-25-15-9-7-14(8-10-15)19-22-18(26-23-19)12-21-20(24)17-11-16(17)13-5-3-2-4-6-13/h2-10,16-17H,11-12H2,1H3,(H,21,24). The Morgan fingerprint density at radius 2 is 1.96 bits per heavy atom. The van der Waals surface area contributed by atoms with Gasteiger partial charge in [-0.3, -0.25) is 4.79 Å². The Labute approximate surface area is 151 Å². The molecule has 132 valence electrons. The van der Waals surface area contributed by atoms with Crippen LogP contribution < -0.4 is 10.1 Å². The topological polar surface area (TPSA) is 77.3 Å². The average molecular weight is 349 g/mol. The largest absolute Gasteiger partial charge is 0.497 e. The minimum Gasteiger partial charge on any atom is -0.497 e. The van der Waals surface area contributed by atoms with Gasteiger partial charge in [-0.15, -0.1) is 0 Å². The number of nitrogens with zero attached hydrogens (tertiary/aromatic N) is 2. The molecule has 0 bridgehead atoms. The molecule has 1 heterocycles. The summed E-state index contributed by atoms with van der Waals surface area (Å²) in [6, 6.07) is 17.5. The van der Waals surface area contributed by atoms with Crippen molar-refractivity contribution in [1.29, 1.82) is 0 Å². The molecule has 1 aliphatic rings. The summed E-state index contributed by atoms with van der Waals surface area (Å²) < 4.78 is 10.4. The van der Waals surface area contributed by atoms with Gasteiger partial charge in [-0.05, 0) is 42.2 Å². The highest BCUT2D eigenvalue weighted by molar-refractivity contribution is 5.82. The maximum Gasteiger partial charge on any atom is 0.246 e. The Morgan fingerprint density at radius 3 is 2.69 bits per heavy atom. The summed E-state index contributed by atoms with van der Waals surface area (Å²) in [5.74, 6) is 2.02. The lowest BCUT2D eigenvalue weighted by atomic mass is 10.1. The molecule has 1 amide bonds. The average Bonchev–Trinajstić information content (AvgIpc) is 3.37. The van der Waals surface area contributed by atoms with E-state index < -0.39 is 0 Å². The molecular formula is C20H19N3O3. The van der Waals surface area contributed by atoms with Crippen LogP contribution >= 0.6 is 0 Å². The normalized spacial score (nSPS) is 18.3. The van der Waals surface area contributed by atoms with Gasteiger partial charge < -0.3 is 14.6 Å². The highest BCUT2D eigenvalue weighted by Crippen LogP contribution is 2.47. The van der Waals surface area contributed by atoms with Crippen LogP contribution in [0.25, 0.3) is 11.4 Å². The maximum absolute atomic E-state index is 12.3. The fourth-order valence-corrected chi connectivity index (χ4v) is 3.03. The fraction of sp³-hybridized carbons (Fsp3) is 0.250. The summed E-state index contributed by atoms with van der Waals surface area (Å²) in [5, 5.41) is 6.85. The number of rotatable bonds is 6. The molecule has 1 fully saturated rings. The zero-order chi connectivity index (χ0) is 17.9. The van der Waals surface area contributed by atoms with E-state index in [1.807, 2.05) is 42.5 Å². The van der Waals surface area contributed by atoms with Crippen LogP contribution in [0.2, 0.25) is 0 Å². The van der Waals surface area contributed by atoms with Crippen LogP contribution in [-0.2, 0) is 11.3 Å². The van der Waals surface area contributed by atoms with Gasteiger partial charge >= 0.3 is 0 Å². The summed E-state index contributed by atoms with van der Waals surface area (Å²) in [6.07, 6.45) is 0.886. The maximum atomic E-state index is 12.3. The number of ether oxygens (including phenoxy) is 1.